The summed E-state index contributed by atoms with van der Waals surface area (Å²) in [6, 6.07) is 12.1. The van der Waals surface area contributed by atoms with Crippen LogP contribution in [-0.2, 0) is 4.79 Å². The second-order valence-corrected chi connectivity index (χ2v) is 4.45. The van der Waals surface area contributed by atoms with Gasteiger partial charge in [-0.1, -0.05) is 12.1 Å². The fourth-order valence-corrected chi connectivity index (χ4v) is 1.72. The van der Waals surface area contributed by atoms with Crippen LogP contribution in [0.1, 0.15) is 12.5 Å². The average molecular weight is 297 g/mol. The van der Waals surface area contributed by atoms with Gasteiger partial charge in [-0.05, 0) is 25.1 Å². The number of carbonyl (C=O) groups excluding carboxylic acids is 1. The minimum Gasteiger partial charge on any atom is -0.481 e. The van der Waals surface area contributed by atoms with Gasteiger partial charge in [-0.2, -0.15) is 5.26 Å². The molecule has 0 spiro atoms. The van der Waals surface area contributed by atoms with E-state index in [4.69, 9.17) is 14.7 Å². The number of benzene rings is 1. The third-order valence-electron chi connectivity index (χ3n) is 2.89. The lowest BCUT2D eigenvalue weighted by atomic mass is 10.2. The van der Waals surface area contributed by atoms with Gasteiger partial charge < -0.3 is 14.8 Å². The molecule has 0 fully saturated rings. The maximum atomic E-state index is 12.1. The Morgan fingerprint density at radius 3 is 2.73 bits per heavy atom. The van der Waals surface area contributed by atoms with Crippen LogP contribution in [-0.4, -0.2) is 24.1 Å². The molecule has 0 saturated carbocycles. The summed E-state index contributed by atoms with van der Waals surface area (Å²) >= 11 is 0. The molecule has 1 heterocycles. The maximum Gasteiger partial charge on any atom is 0.265 e. The number of nitrogens with zero attached hydrogens (tertiary/aromatic N) is 2. The largest absolute Gasteiger partial charge is 0.481 e. The highest BCUT2D eigenvalue weighted by atomic mass is 16.5. The summed E-state index contributed by atoms with van der Waals surface area (Å²) in [6.45, 7) is 1.61. The molecule has 1 atom stereocenters. The highest BCUT2D eigenvalue weighted by molar-refractivity contribution is 5.94. The number of para-hydroxylation sites is 1. The van der Waals surface area contributed by atoms with Crippen molar-refractivity contribution >= 4 is 11.6 Å². The highest BCUT2D eigenvalue weighted by Gasteiger charge is 2.16. The first-order valence-electron chi connectivity index (χ1n) is 6.60. The van der Waals surface area contributed by atoms with E-state index in [9.17, 15) is 4.79 Å². The van der Waals surface area contributed by atoms with E-state index in [1.54, 1.807) is 43.3 Å². The number of ether oxygens (including phenoxy) is 2. The average Bonchev–Trinajstić information content (AvgIpc) is 2.56. The predicted octanol–water partition coefficient (Wildman–Crippen LogP) is 2.37. The molecule has 0 aliphatic heterocycles. The molecular formula is C16H15N3O3. The number of hydrogen-bond donors (Lipinski definition) is 1. The molecule has 1 amide bonds. The number of rotatable bonds is 5. The molecular weight excluding hydrogens is 282 g/mol. The second kappa shape index (κ2) is 7.09. The molecule has 6 heteroatoms. The predicted molar refractivity (Wildman–Crippen MR) is 80.7 cm³/mol. The molecule has 1 aromatic heterocycles. The van der Waals surface area contributed by atoms with Crippen LogP contribution in [0.5, 0.6) is 11.6 Å². The van der Waals surface area contributed by atoms with Crippen LogP contribution in [0.15, 0.2) is 42.6 Å². The lowest BCUT2D eigenvalue weighted by molar-refractivity contribution is -0.122. The minimum atomic E-state index is -0.753. The molecule has 2 aromatic rings. The Balaban J connectivity index is 2.01. The topological polar surface area (TPSA) is 84.2 Å². The van der Waals surface area contributed by atoms with Crippen LogP contribution in [0, 0.1) is 11.3 Å². The maximum absolute atomic E-state index is 12.1. The van der Waals surface area contributed by atoms with Gasteiger partial charge in [0.25, 0.3) is 5.91 Å². The highest BCUT2D eigenvalue weighted by Crippen LogP contribution is 2.19. The number of nitriles is 1. The van der Waals surface area contributed by atoms with Crippen molar-refractivity contribution < 1.29 is 14.3 Å². The van der Waals surface area contributed by atoms with Crippen molar-refractivity contribution in [2.75, 3.05) is 12.4 Å². The van der Waals surface area contributed by atoms with E-state index in [0.29, 0.717) is 22.9 Å². The van der Waals surface area contributed by atoms with Crippen LogP contribution in [0.3, 0.4) is 0 Å². The fourth-order valence-electron chi connectivity index (χ4n) is 1.72. The van der Waals surface area contributed by atoms with Crippen molar-refractivity contribution in [2.24, 2.45) is 0 Å². The molecule has 0 aliphatic rings. The number of aromatic nitrogens is 1. The molecule has 1 N–H and O–H groups in total. The van der Waals surface area contributed by atoms with Gasteiger partial charge in [-0.25, -0.2) is 4.98 Å². The molecule has 112 valence electrons. The number of hydrogen-bond acceptors (Lipinski definition) is 5. The van der Waals surface area contributed by atoms with E-state index in [-0.39, 0.29) is 5.91 Å². The van der Waals surface area contributed by atoms with Crippen molar-refractivity contribution in [3.05, 3.63) is 48.2 Å². The van der Waals surface area contributed by atoms with E-state index in [1.165, 1.54) is 13.3 Å². The van der Waals surface area contributed by atoms with E-state index in [1.807, 2.05) is 6.07 Å². The monoisotopic (exact) mass is 297 g/mol. The van der Waals surface area contributed by atoms with Crippen LogP contribution < -0.4 is 14.8 Å². The van der Waals surface area contributed by atoms with Gasteiger partial charge in [0.15, 0.2) is 6.10 Å². The fraction of sp³-hybridized carbons (Fsp3) is 0.188. The van der Waals surface area contributed by atoms with Crippen LogP contribution in [0.25, 0.3) is 0 Å². The van der Waals surface area contributed by atoms with Gasteiger partial charge in [0, 0.05) is 6.07 Å². The zero-order valence-electron chi connectivity index (χ0n) is 12.2. The van der Waals surface area contributed by atoms with E-state index in [2.05, 4.69) is 10.3 Å². The first kappa shape index (κ1) is 15.3. The van der Waals surface area contributed by atoms with E-state index < -0.39 is 6.10 Å². The Hall–Kier alpha value is -3.07. The summed E-state index contributed by atoms with van der Waals surface area (Å²) in [6.07, 6.45) is 0.740. The van der Waals surface area contributed by atoms with E-state index >= 15 is 0 Å². The van der Waals surface area contributed by atoms with Gasteiger partial charge in [0.2, 0.25) is 5.88 Å². The zero-order valence-corrected chi connectivity index (χ0v) is 12.2. The summed E-state index contributed by atoms with van der Waals surface area (Å²) in [5.74, 6) is 0.505. The Kier molecular flexibility index (Phi) is 4.94. The Labute approximate surface area is 128 Å². The number of nitrogens with one attached hydrogen (secondary N) is 1. The minimum absolute atomic E-state index is 0.334. The smallest absolute Gasteiger partial charge is 0.265 e. The summed E-state index contributed by atoms with van der Waals surface area (Å²) in [5.41, 5.74) is 0.920. The van der Waals surface area contributed by atoms with Crippen molar-refractivity contribution in [1.29, 1.82) is 5.26 Å². The molecule has 1 unspecified atom stereocenters. The summed E-state index contributed by atoms with van der Waals surface area (Å²) in [4.78, 5) is 16.1. The summed E-state index contributed by atoms with van der Waals surface area (Å²) in [5, 5.41) is 11.7. The lowest BCUT2D eigenvalue weighted by Crippen LogP contribution is -2.30. The third kappa shape index (κ3) is 3.73. The molecule has 0 radical (unpaired) electrons. The van der Waals surface area contributed by atoms with Gasteiger partial charge in [0.1, 0.15) is 11.8 Å². The quantitative estimate of drug-likeness (QED) is 0.915. The Morgan fingerprint density at radius 1 is 1.32 bits per heavy atom. The molecule has 1 aromatic carbocycles. The standard InChI is InChI=1S/C16H15N3O3/c1-11(22-14-6-4-3-5-12(14)9-17)16(20)19-13-7-8-15(21-2)18-10-13/h3-8,10-11H,1-2H3,(H,19,20). The number of carbonyl (C=O) groups is 1. The van der Waals surface area contributed by atoms with Gasteiger partial charge in [-0.15, -0.1) is 0 Å². The van der Waals surface area contributed by atoms with Crippen molar-refractivity contribution in [3.63, 3.8) is 0 Å². The zero-order chi connectivity index (χ0) is 15.9. The van der Waals surface area contributed by atoms with Crippen LogP contribution in [0.2, 0.25) is 0 Å². The first-order chi connectivity index (χ1) is 10.6. The van der Waals surface area contributed by atoms with Gasteiger partial charge in [-0.3, -0.25) is 4.79 Å². The Morgan fingerprint density at radius 2 is 2.09 bits per heavy atom. The first-order valence-corrected chi connectivity index (χ1v) is 6.60. The third-order valence-corrected chi connectivity index (χ3v) is 2.89. The number of methoxy groups -OCH3 is 1. The summed E-state index contributed by atoms with van der Waals surface area (Å²) < 4.78 is 10.5. The van der Waals surface area contributed by atoms with Crippen molar-refractivity contribution in [3.8, 4) is 17.7 Å². The molecule has 6 nitrogen and oxygen atoms in total. The Bertz CT molecular complexity index is 693. The number of pyridine rings is 1. The number of anilines is 1. The van der Waals surface area contributed by atoms with Gasteiger partial charge in [0.05, 0.1) is 24.6 Å². The SMILES string of the molecule is COc1ccc(NC(=O)C(C)Oc2ccccc2C#N)cn1. The van der Waals surface area contributed by atoms with E-state index in [0.717, 1.165) is 0 Å². The normalized spacial score (nSPS) is 11.1. The molecule has 0 bridgehead atoms. The second-order valence-electron chi connectivity index (χ2n) is 4.45. The number of amides is 1. The molecule has 0 saturated heterocycles. The van der Waals surface area contributed by atoms with Gasteiger partial charge >= 0.3 is 0 Å². The van der Waals surface area contributed by atoms with Crippen molar-refractivity contribution in [1.82, 2.24) is 4.98 Å². The molecule has 0 aliphatic carbocycles. The molecule has 22 heavy (non-hydrogen) atoms. The lowest BCUT2D eigenvalue weighted by Gasteiger charge is -2.15. The summed E-state index contributed by atoms with van der Waals surface area (Å²) in [7, 11) is 1.52. The van der Waals surface area contributed by atoms with Crippen LogP contribution in [0.4, 0.5) is 5.69 Å². The van der Waals surface area contributed by atoms with Crippen molar-refractivity contribution in [2.45, 2.75) is 13.0 Å². The molecule has 2 rings (SSSR count). The van der Waals surface area contributed by atoms with Crippen LogP contribution >= 0.6 is 0 Å².